The maximum atomic E-state index is 13.7. The van der Waals surface area contributed by atoms with E-state index in [0.29, 0.717) is 28.0 Å². The van der Waals surface area contributed by atoms with Gasteiger partial charge in [-0.05, 0) is 61.9 Å². The number of nitrogens with one attached hydrogen (secondary N) is 1. The fourth-order valence-corrected chi connectivity index (χ4v) is 4.83. The standard InChI is InChI=1S/C23H23ClN6O/c1-14-9-17(21(28-11-14)22-25-7-2-8-26-22)23(31)30-13-15-3-5-19(30)18(10-15)29-20-6-4-16(24)12-27-20/h2,4,6-9,11-12,15,18-19H,3,5,10,13H2,1H3,(H,27,29). The molecule has 0 radical (unpaired) electrons. The zero-order valence-electron chi connectivity index (χ0n) is 17.2. The van der Waals surface area contributed by atoms with Crippen molar-refractivity contribution in [2.24, 2.45) is 5.92 Å². The van der Waals surface area contributed by atoms with Gasteiger partial charge in [-0.1, -0.05) is 11.6 Å². The Hall–Kier alpha value is -3.06. The third-order valence-electron chi connectivity index (χ3n) is 6.13. The highest BCUT2D eigenvalue weighted by Crippen LogP contribution is 2.38. The molecule has 8 heteroatoms. The van der Waals surface area contributed by atoms with Gasteiger partial charge < -0.3 is 10.2 Å². The minimum Gasteiger partial charge on any atom is -0.365 e. The molecule has 3 aliphatic rings. The van der Waals surface area contributed by atoms with Gasteiger partial charge >= 0.3 is 0 Å². The van der Waals surface area contributed by atoms with E-state index in [0.717, 1.165) is 37.2 Å². The number of fused-ring (bicyclic) bond motifs is 3. The first-order valence-electron chi connectivity index (χ1n) is 10.5. The Bertz CT molecular complexity index is 1090. The van der Waals surface area contributed by atoms with Crippen LogP contribution >= 0.6 is 11.6 Å². The fraction of sp³-hybridized carbons (Fsp3) is 0.348. The Morgan fingerprint density at radius 2 is 1.97 bits per heavy atom. The van der Waals surface area contributed by atoms with Crippen LogP contribution in [0.25, 0.3) is 11.5 Å². The van der Waals surface area contributed by atoms with E-state index in [1.807, 2.05) is 30.0 Å². The van der Waals surface area contributed by atoms with Crippen LogP contribution in [0.15, 0.2) is 49.1 Å². The molecule has 1 amide bonds. The average molecular weight is 435 g/mol. The number of carbonyl (C=O) groups is 1. The number of aryl methyl sites for hydroxylation is 1. The minimum atomic E-state index is -0.0103. The van der Waals surface area contributed by atoms with Crippen LogP contribution in [0.3, 0.4) is 0 Å². The summed E-state index contributed by atoms with van der Waals surface area (Å²) in [6, 6.07) is 7.60. The van der Waals surface area contributed by atoms with Crippen LogP contribution < -0.4 is 5.32 Å². The van der Waals surface area contributed by atoms with Crippen molar-refractivity contribution in [3.63, 3.8) is 0 Å². The molecule has 31 heavy (non-hydrogen) atoms. The quantitative estimate of drug-likeness (QED) is 0.668. The number of piperidine rings is 2. The fourth-order valence-electron chi connectivity index (χ4n) is 4.72. The first kappa shape index (κ1) is 19.9. The van der Waals surface area contributed by atoms with Gasteiger partial charge in [0.1, 0.15) is 11.5 Å². The first-order chi connectivity index (χ1) is 15.1. The minimum absolute atomic E-state index is 0.0103. The van der Waals surface area contributed by atoms with E-state index in [4.69, 9.17) is 11.6 Å². The summed E-state index contributed by atoms with van der Waals surface area (Å²) in [5, 5.41) is 4.14. The second kappa shape index (κ2) is 8.23. The number of hydrogen-bond donors (Lipinski definition) is 1. The highest BCUT2D eigenvalue weighted by Gasteiger charge is 2.43. The van der Waals surface area contributed by atoms with Crippen molar-refractivity contribution in [3.05, 3.63) is 65.2 Å². The van der Waals surface area contributed by atoms with Crippen molar-refractivity contribution in [1.82, 2.24) is 24.8 Å². The number of carbonyl (C=O) groups excluding carboxylic acids is 1. The molecule has 158 valence electrons. The second-order valence-corrected chi connectivity index (χ2v) is 8.73. The van der Waals surface area contributed by atoms with Crippen molar-refractivity contribution in [2.45, 2.75) is 38.3 Å². The molecular formula is C23H23ClN6O. The molecule has 0 aromatic carbocycles. The molecular weight excluding hydrogens is 412 g/mol. The number of pyridine rings is 2. The van der Waals surface area contributed by atoms with Crippen molar-refractivity contribution in [1.29, 1.82) is 0 Å². The molecule has 3 unspecified atom stereocenters. The van der Waals surface area contributed by atoms with Crippen molar-refractivity contribution >= 4 is 23.3 Å². The van der Waals surface area contributed by atoms with Gasteiger partial charge in [0.25, 0.3) is 5.91 Å². The zero-order chi connectivity index (χ0) is 21.4. The first-order valence-corrected chi connectivity index (χ1v) is 10.9. The molecule has 1 N–H and O–H groups in total. The smallest absolute Gasteiger partial charge is 0.256 e. The lowest BCUT2D eigenvalue weighted by molar-refractivity contribution is 0.0282. The van der Waals surface area contributed by atoms with Gasteiger partial charge in [0.05, 0.1) is 16.6 Å². The van der Waals surface area contributed by atoms with Gasteiger partial charge in [0, 0.05) is 37.4 Å². The Balaban J connectivity index is 1.44. The predicted molar refractivity (Wildman–Crippen MR) is 119 cm³/mol. The Kier molecular flexibility index (Phi) is 5.28. The van der Waals surface area contributed by atoms with E-state index in [9.17, 15) is 4.79 Å². The van der Waals surface area contributed by atoms with Gasteiger partial charge in [-0.15, -0.1) is 0 Å². The maximum Gasteiger partial charge on any atom is 0.256 e. The molecule has 7 nitrogen and oxygen atoms in total. The predicted octanol–water partition coefficient (Wildman–Crippen LogP) is 4.00. The monoisotopic (exact) mass is 434 g/mol. The lowest BCUT2D eigenvalue weighted by atomic mass is 9.76. The highest BCUT2D eigenvalue weighted by molar-refractivity contribution is 6.30. The third kappa shape index (κ3) is 3.97. The molecule has 2 aliphatic heterocycles. The lowest BCUT2D eigenvalue weighted by Crippen LogP contribution is -2.59. The van der Waals surface area contributed by atoms with Crippen LogP contribution in [0.1, 0.15) is 35.2 Å². The number of aromatic nitrogens is 4. The molecule has 3 aromatic rings. The molecule has 1 aliphatic carbocycles. The van der Waals surface area contributed by atoms with Crippen molar-refractivity contribution in [3.8, 4) is 11.5 Å². The summed E-state index contributed by atoms with van der Waals surface area (Å²) in [5.41, 5.74) is 2.02. The molecule has 3 fully saturated rings. The SMILES string of the molecule is Cc1cnc(-c2ncccn2)c(C(=O)N2CC3CCC2C(Nc2ccc(Cl)cn2)C3)c1. The summed E-state index contributed by atoms with van der Waals surface area (Å²) in [6.07, 6.45) is 9.86. The summed E-state index contributed by atoms with van der Waals surface area (Å²) in [7, 11) is 0. The Labute approximate surface area is 185 Å². The molecule has 5 heterocycles. The summed E-state index contributed by atoms with van der Waals surface area (Å²) >= 11 is 5.97. The Morgan fingerprint density at radius 3 is 2.71 bits per heavy atom. The van der Waals surface area contributed by atoms with Crippen LogP contribution in [0.4, 0.5) is 5.82 Å². The normalized spacial score (nSPS) is 22.4. The molecule has 6 rings (SSSR count). The summed E-state index contributed by atoms with van der Waals surface area (Å²) in [4.78, 5) is 33.3. The summed E-state index contributed by atoms with van der Waals surface area (Å²) < 4.78 is 0. The van der Waals surface area contributed by atoms with E-state index in [-0.39, 0.29) is 18.0 Å². The second-order valence-electron chi connectivity index (χ2n) is 8.30. The van der Waals surface area contributed by atoms with Crippen molar-refractivity contribution in [2.75, 3.05) is 11.9 Å². The molecule has 3 atom stereocenters. The van der Waals surface area contributed by atoms with E-state index in [2.05, 4.69) is 25.3 Å². The van der Waals surface area contributed by atoms with Gasteiger partial charge in [0.15, 0.2) is 5.82 Å². The number of nitrogens with zero attached hydrogens (tertiary/aromatic N) is 5. The van der Waals surface area contributed by atoms with Crippen molar-refractivity contribution < 1.29 is 4.79 Å². The zero-order valence-corrected chi connectivity index (χ0v) is 18.0. The topological polar surface area (TPSA) is 83.9 Å². The summed E-state index contributed by atoms with van der Waals surface area (Å²) in [5.74, 6) is 1.70. The van der Waals surface area contributed by atoms with Crippen LogP contribution in [-0.4, -0.2) is 49.4 Å². The molecule has 2 bridgehead atoms. The number of hydrogen-bond acceptors (Lipinski definition) is 6. The van der Waals surface area contributed by atoms with Gasteiger partial charge in [-0.25, -0.2) is 15.0 Å². The number of rotatable bonds is 4. The van der Waals surface area contributed by atoms with E-state index in [1.54, 1.807) is 30.9 Å². The summed E-state index contributed by atoms with van der Waals surface area (Å²) in [6.45, 7) is 2.71. The van der Waals surface area contributed by atoms with Crippen LogP contribution in [0.5, 0.6) is 0 Å². The third-order valence-corrected chi connectivity index (χ3v) is 6.36. The highest BCUT2D eigenvalue weighted by atomic mass is 35.5. The largest absolute Gasteiger partial charge is 0.365 e. The lowest BCUT2D eigenvalue weighted by Gasteiger charge is -2.50. The van der Waals surface area contributed by atoms with Crippen LogP contribution in [-0.2, 0) is 0 Å². The number of amides is 1. The average Bonchev–Trinajstić information content (AvgIpc) is 2.81. The Morgan fingerprint density at radius 1 is 1.13 bits per heavy atom. The van der Waals surface area contributed by atoms with Crippen LogP contribution in [0, 0.1) is 12.8 Å². The van der Waals surface area contributed by atoms with E-state index < -0.39 is 0 Å². The van der Waals surface area contributed by atoms with Gasteiger partial charge in [0.2, 0.25) is 0 Å². The van der Waals surface area contributed by atoms with Gasteiger partial charge in [-0.3, -0.25) is 9.78 Å². The maximum absolute atomic E-state index is 13.7. The molecule has 0 spiro atoms. The van der Waals surface area contributed by atoms with E-state index >= 15 is 0 Å². The van der Waals surface area contributed by atoms with E-state index in [1.165, 1.54) is 0 Å². The number of halogens is 1. The number of anilines is 1. The van der Waals surface area contributed by atoms with Gasteiger partial charge in [-0.2, -0.15) is 0 Å². The molecule has 1 saturated carbocycles. The molecule has 3 aromatic heterocycles. The molecule has 2 saturated heterocycles. The van der Waals surface area contributed by atoms with Crippen LogP contribution in [0.2, 0.25) is 5.02 Å².